The first-order valence-corrected chi connectivity index (χ1v) is 3.79. The van der Waals surface area contributed by atoms with Crippen LogP contribution >= 0.6 is 0 Å². The van der Waals surface area contributed by atoms with Crippen LogP contribution in [0.1, 0.15) is 0 Å². The van der Waals surface area contributed by atoms with E-state index in [1.807, 2.05) is 0 Å². The summed E-state index contributed by atoms with van der Waals surface area (Å²) in [5, 5.41) is 8.39. The molecular formula is C8H14O5. The third-order valence-electron chi connectivity index (χ3n) is 1.17. The van der Waals surface area contributed by atoms with Crippen molar-refractivity contribution in [3.63, 3.8) is 0 Å². The van der Waals surface area contributed by atoms with E-state index in [-0.39, 0.29) is 19.8 Å². The molecule has 0 aromatic heterocycles. The van der Waals surface area contributed by atoms with Gasteiger partial charge in [-0.15, -0.1) is 0 Å². The van der Waals surface area contributed by atoms with E-state index in [4.69, 9.17) is 19.3 Å². The first-order chi connectivity index (χ1) is 6.24. The highest BCUT2D eigenvalue weighted by Crippen LogP contribution is 1.95. The fraction of sp³-hybridized carbons (Fsp3) is 0.625. The summed E-state index contributed by atoms with van der Waals surface area (Å²) in [6.07, 6.45) is 0.287. The third-order valence-corrected chi connectivity index (χ3v) is 1.17. The Balaban J connectivity index is 3.62. The highest BCUT2D eigenvalue weighted by atomic mass is 16.7. The van der Waals surface area contributed by atoms with Gasteiger partial charge in [-0.05, 0) is 0 Å². The highest BCUT2D eigenvalue weighted by molar-refractivity contribution is 5.81. The summed E-state index contributed by atoms with van der Waals surface area (Å²) in [7, 11) is 1.39. The van der Waals surface area contributed by atoms with Crippen molar-refractivity contribution in [2.24, 2.45) is 0 Å². The van der Waals surface area contributed by atoms with Gasteiger partial charge in [-0.3, -0.25) is 0 Å². The molecule has 76 valence electrons. The fourth-order valence-electron chi connectivity index (χ4n) is 0.572. The number of carbonyl (C=O) groups is 1. The molecule has 0 aliphatic heterocycles. The number of methoxy groups -OCH3 is 1. The maximum Gasteiger partial charge on any atom is 0.332 e. The van der Waals surface area contributed by atoms with Crippen LogP contribution in [0.2, 0.25) is 0 Å². The Bertz CT molecular complexity index is 157. The number of rotatable bonds is 7. The van der Waals surface area contributed by atoms with Crippen LogP contribution in [0.15, 0.2) is 12.7 Å². The number of hydrogen-bond acceptors (Lipinski definition) is 5. The van der Waals surface area contributed by atoms with Gasteiger partial charge < -0.3 is 19.3 Å². The van der Waals surface area contributed by atoms with Crippen molar-refractivity contribution in [1.29, 1.82) is 0 Å². The predicted molar refractivity (Wildman–Crippen MR) is 45.0 cm³/mol. The van der Waals surface area contributed by atoms with Crippen molar-refractivity contribution in [2.75, 3.05) is 26.9 Å². The molecule has 0 spiro atoms. The molecule has 1 unspecified atom stereocenters. The fourth-order valence-corrected chi connectivity index (χ4v) is 0.572. The van der Waals surface area contributed by atoms with E-state index < -0.39 is 12.3 Å². The Morgan fingerprint density at radius 2 is 2.38 bits per heavy atom. The molecule has 0 aliphatic rings. The summed E-state index contributed by atoms with van der Waals surface area (Å²) >= 11 is 0. The number of aliphatic hydroxyl groups excluding tert-OH is 1. The topological polar surface area (TPSA) is 65.0 Å². The van der Waals surface area contributed by atoms with E-state index in [1.165, 1.54) is 7.11 Å². The zero-order valence-electron chi connectivity index (χ0n) is 7.56. The average Bonchev–Trinajstić information content (AvgIpc) is 2.16. The molecule has 0 aromatic carbocycles. The van der Waals surface area contributed by atoms with Crippen LogP contribution in [0.25, 0.3) is 0 Å². The lowest BCUT2D eigenvalue weighted by Crippen LogP contribution is -2.25. The predicted octanol–water partition coefficient (Wildman–Crippen LogP) is -0.303. The molecule has 0 fully saturated rings. The normalized spacial score (nSPS) is 12.2. The summed E-state index contributed by atoms with van der Waals surface area (Å²) in [4.78, 5) is 10.7. The van der Waals surface area contributed by atoms with E-state index in [1.54, 1.807) is 0 Å². The molecule has 0 amide bonds. The van der Waals surface area contributed by atoms with Crippen LogP contribution in [0.3, 0.4) is 0 Å². The smallest absolute Gasteiger partial charge is 0.332 e. The molecular weight excluding hydrogens is 176 g/mol. The highest BCUT2D eigenvalue weighted by Gasteiger charge is 2.10. The number of esters is 1. The minimum absolute atomic E-state index is 0.0775. The van der Waals surface area contributed by atoms with Gasteiger partial charge in [-0.25, -0.2) is 4.79 Å². The van der Waals surface area contributed by atoms with E-state index >= 15 is 0 Å². The molecule has 1 atom stereocenters. The summed E-state index contributed by atoms with van der Waals surface area (Å²) < 4.78 is 14.4. The zero-order valence-corrected chi connectivity index (χ0v) is 7.56. The van der Waals surface area contributed by atoms with Gasteiger partial charge >= 0.3 is 5.97 Å². The second-order valence-electron chi connectivity index (χ2n) is 2.10. The molecule has 0 aromatic rings. The van der Waals surface area contributed by atoms with Gasteiger partial charge in [0.2, 0.25) is 6.29 Å². The van der Waals surface area contributed by atoms with Crippen LogP contribution in [0.5, 0.6) is 0 Å². The zero-order chi connectivity index (χ0) is 10.1. The lowest BCUT2D eigenvalue weighted by Gasteiger charge is -2.14. The Kier molecular flexibility index (Phi) is 7.18. The van der Waals surface area contributed by atoms with Gasteiger partial charge in [0, 0.05) is 13.2 Å². The van der Waals surface area contributed by atoms with Gasteiger partial charge in [0.15, 0.2) is 0 Å². The molecule has 0 rings (SSSR count). The standard InChI is InChI=1S/C8H14O5/c1-3-7(10)13-8(11-2)6-12-5-4-9/h3,8-9H,1,4-6H2,2H3. The number of ether oxygens (including phenoxy) is 3. The summed E-state index contributed by atoms with van der Waals surface area (Å²) in [5.41, 5.74) is 0. The van der Waals surface area contributed by atoms with Gasteiger partial charge in [-0.2, -0.15) is 0 Å². The van der Waals surface area contributed by atoms with Crippen molar-refractivity contribution in [3.05, 3.63) is 12.7 Å². The van der Waals surface area contributed by atoms with Crippen LogP contribution in [0.4, 0.5) is 0 Å². The molecule has 0 heterocycles. The van der Waals surface area contributed by atoms with E-state index in [0.717, 1.165) is 6.08 Å². The Hall–Kier alpha value is -0.910. The van der Waals surface area contributed by atoms with Gasteiger partial charge in [0.1, 0.15) is 6.61 Å². The SMILES string of the molecule is C=CC(=O)OC(COCCO)OC. The Labute approximate surface area is 76.9 Å². The van der Waals surface area contributed by atoms with E-state index in [0.29, 0.717) is 0 Å². The lowest BCUT2D eigenvalue weighted by molar-refractivity contribution is -0.179. The minimum Gasteiger partial charge on any atom is -0.430 e. The van der Waals surface area contributed by atoms with Gasteiger partial charge in [0.05, 0.1) is 13.2 Å². The molecule has 0 radical (unpaired) electrons. The van der Waals surface area contributed by atoms with Crippen molar-refractivity contribution in [3.8, 4) is 0 Å². The summed E-state index contributed by atoms with van der Waals surface area (Å²) in [6, 6.07) is 0. The lowest BCUT2D eigenvalue weighted by atomic mass is 10.6. The van der Waals surface area contributed by atoms with Gasteiger partial charge in [0.25, 0.3) is 0 Å². The second-order valence-corrected chi connectivity index (χ2v) is 2.10. The second kappa shape index (κ2) is 7.72. The Morgan fingerprint density at radius 3 is 2.85 bits per heavy atom. The van der Waals surface area contributed by atoms with Crippen molar-refractivity contribution < 1.29 is 24.1 Å². The first kappa shape index (κ1) is 12.1. The Morgan fingerprint density at radius 1 is 1.69 bits per heavy atom. The van der Waals surface area contributed by atoms with Crippen molar-refractivity contribution in [2.45, 2.75) is 6.29 Å². The van der Waals surface area contributed by atoms with Gasteiger partial charge in [-0.1, -0.05) is 6.58 Å². The number of hydrogen-bond donors (Lipinski definition) is 1. The van der Waals surface area contributed by atoms with Crippen molar-refractivity contribution >= 4 is 5.97 Å². The molecule has 0 saturated heterocycles. The van der Waals surface area contributed by atoms with E-state index in [2.05, 4.69) is 6.58 Å². The monoisotopic (exact) mass is 190 g/mol. The first-order valence-electron chi connectivity index (χ1n) is 3.79. The molecule has 5 nitrogen and oxygen atoms in total. The molecule has 0 saturated carbocycles. The van der Waals surface area contributed by atoms with Crippen molar-refractivity contribution in [1.82, 2.24) is 0 Å². The summed E-state index contributed by atoms with van der Waals surface area (Å²) in [5.74, 6) is -0.570. The average molecular weight is 190 g/mol. The van der Waals surface area contributed by atoms with Crippen LogP contribution in [0, 0.1) is 0 Å². The minimum atomic E-state index is -0.753. The largest absolute Gasteiger partial charge is 0.430 e. The molecule has 0 bridgehead atoms. The summed E-state index contributed by atoms with van der Waals surface area (Å²) in [6.45, 7) is 3.44. The molecule has 0 aliphatic carbocycles. The van der Waals surface area contributed by atoms with Crippen LogP contribution in [-0.2, 0) is 19.0 Å². The quantitative estimate of drug-likeness (QED) is 0.258. The maximum atomic E-state index is 10.7. The molecule has 13 heavy (non-hydrogen) atoms. The molecule has 1 N–H and O–H groups in total. The number of carbonyl (C=O) groups excluding carboxylic acids is 1. The van der Waals surface area contributed by atoms with Crippen LogP contribution in [-0.4, -0.2) is 44.3 Å². The maximum absolute atomic E-state index is 10.7. The third kappa shape index (κ3) is 6.27. The number of aliphatic hydroxyl groups is 1. The van der Waals surface area contributed by atoms with E-state index in [9.17, 15) is 4.79 Å². The molecule has 5 heteroatoms. The van der Waals surface area contributed by atoms with Crippen LogP contribution < -0.4 is 0 Å².